The fourth-order valence-corrected chi connectivity index (χ4v) is 6.11. The number of benzene rings is 2. The van der Waals surface area contributed by atoms with E-state index in [0.717, 1.165) is 48.5 Å². The van der Waals surface area contributed by atoms with E-state index >= 15 is 0 Å². The van der Waals surface area contributed by atoms with Crippen LogP contribution in [0.1, 0.15) is 83.1 Å². The van der Waals surface area contributed by atoms with Crippen molar-refractivity contribution in [1.29, 1.82) is 0 Å². The van der Waals surface area contributed by atoms with E-state index < -0.39 is 8.15 Å². The Kier molecular flexibility index (Phi) is 13.0. The van der Waals surface area contributed by atoms with Crippen molar-refractivity contribution in [1.82, 2.24) is 14.9 Å². The Hall–Kier alpha value is -2.77. The van der Waals surface area contributed by atoms with Gasteiger partial charge in [0.05, 0.1) is 26.1 Å². The number of nitrogens with zero attached hydrogens (tertiary/aromatic N) is 3. The molecule has 0 amide bonds. The molecule has 1 atom stereocenters. The van der Waals surface area contributed by atoms with Gasteiger partial charge in [0, 0.05) is 34.8 Å². The summed E-state index contributed by atoms with van der Waals surface area (Å²) in [6, 6.07) is 11.8. The molecule has 8 nitrogen and oxygen atoms in total. The molecule has 2 aromatic carbocycles. The highest BCUT2D eigenvalue weighted by molar-refractivity contribution is 7.61. The molecule has 0 aliphatic rings. The van der Waals surface area contributed by atoms with Crippen molar-refractivity contribution in [2.45, 2.75) is 91.6 Å². The second-order valence-corrected chi connectivity index (χ2v) is 13.7. The summed E-state index contributed by atoms with van der Waals surface area (Å²) in [5, 5.41) is 7.67. The van der Waals surface area contributed by atoms with E-state index in [9.17, 15) is 9.69 Å². The molecule has 0 saturated heterocycles. The zero-order valence-corrected chi connectivity index (χ0v) is 27.5. The van der Waals surface area contributed by atoms with Crippen LogP contribution in [-0.4, -0.2) is 50.9 Å². The van der Waals surface area contributed by atoms with Crippen molar-refractivity contribution in [3.05, 3.63) is 58.7 Å². The molecule has 0 fully saturated rings. The number of para-hydroxylation sites is 1. The average Bonchev–Trinajstić information content (AvgIpc) is 2.95. The molecule has 42 heavy (non-hydrogen) atoms. The lowest BCUT2D eigenvalue weighted by Gasteiger charge is -2.28. The monoisotopic (exact) mass is 613 g/mol. The van der Waals surface area contributed by atoms with Crippen molar-refractivity contribution < 1.29 is 14.4 Å². The van der Waals surface area contributed by atoms with Crippen molar-refractivity contribution in [3.8, 4) is 5.75 Å². The number of anilines is 4. The van der Waals surface area contributed by atoms with Gasteiger partial charge in [-0.05, 0) is 57.5 Å². The van der Waals surface area contributed by atoms with Crippen molar-refractivity contribution in [3.63, 3.8) is 0 Å². The van der Waals surface area contributed by atoms with E-state index in [1.165, 1.54) is 6.20 Å². The first kappa shape index (κ1) is 33.7. The highest BCUT2D eigenvalue weighted by Crippen LogP contribution is 2.39. The Labute approximate surface area is 257 Å². The molecule has 3 N–H and O–H groups in total. The molecule has 0 saturated carbocycles. The molecular weight excluding hydrogens is 569 g/mol. The number of carbonyl (C=O) groups excluding carboxylic acids is 1. The van der Waals surface area contributed by atoms with Gasteiger partial charge in [0.1, 0.15) is 17.1 Å². The lowest BCUT2D eigenvalue weighted by molar-refractivity contribution is 0.112. The number of hydrogen-bond donors (Lipinski definition) is 3. The number of aromatic nitrogens is 2. The normalized spacial score (nSPS) is 12.3. The van der Waals surface area contributed by atoms with E-state index in [0.29, 0.717) is 40.4 Å². The van der Waals surface area contributed by atoms with Crippen LogP contribution in [0.2, 0.25) is 5.02 Å². The summed E-state index contributed by atoms with van der Waals surface area (Å²) in [6.45, 7) is 13.0. The molecule has 0 aliphatic heterocycles. The molecule has 0 bridgehead atoms. The smallest absolute Gasteiger partial charge is 0.229 e. The second kappa shape index (κ2) is 16.2. The van der Waals surface area contributed by atoms with Crippen molar-refractivity contribution >= 4 is 54.5 Å². The van der Waals surface area contributed by atoms with Gasteiger partial charge in [0.25, 0.3) is 0 Å². The van der Waals surface area contributed by atoms with Crippen LogP contribution in [0, 0.1) is 0 Å². The summed E-state index contributed by atoms with van der Waals surface area (Å²) in [4.78, 5) is 34.4. The number of hydrogen-bond acceptors (Lipinski definition) is 8. The Bertz CT molecular complexity index is 1320. The minimum Gasteiger partial charge on any atom is -0.489 e. The standard InChI is InChI=1S/C32H45ClN5O3P/c1-8-12-25(13-9-2)38(7)19-23-17-29(41-21(3)4)28(16-24(23)20-39)36-32-34-18-26(33)31(37-32)35-27-14-10-11-15-30(27)42(40)22(5)6/h10-11,14-18,20-22,25,40H,8-9,12-13,19H2,1-7H3,(H2,34,35,36,37). The van der Waals surface area contributed by atoms with Gasteiger partial charge >= 0.3 is 0 Å². The lowest BCUT2D eigenvalue weighted by Crippen LogP contribution is -2.31. The minimum absolute atomic E-state index is 0.0830. The van der Waals surface area contributed by atoms with E-state index in [4.69, 9.17) is 16.3 Å². The first-order valence-corrected chi connectivity index (χ1v) is 16.4. The largest absolute Gasteiger partial charge is 0.489 e. The third-order valence-electron chi connectivity index (χ3n) is 6.90. The van der Waals surface area contributed by atoms with E-state index in [2.05, 4.69) is 46.4 Å². The number of nitrogens with one attached hydrogen (secondary N) is 2. The van der Waals surface area contributed by atoms with E-state index in [-0.39, 0.29) is 17.7 Å². The number of ether oxygens (including phenoxy) is 1. The summed E-state index contributed by atoms with van der Waals surface area (Å²) >= 11 is 6.48. The van der Waals surface area contributed by atoms with Crippen LogP contribution in [0.15, 0.2) is 42.6 Å². The van der Waals surface area contributed by atoms with Crippen LogP contribution in [0.4, 0.5) is 23.1 Å². The zero-order chi connectivity index (χ0) is 30.8. The Morgan fingerprint density at radius 2 is 1.76 bits per heavy atom. The summed E-state index contributed by atoms with van der Waals surface area (Å²) in [5.74, 6) is 1.30. The molecule has 10 heteroatoms. The summed E-state index contributed by atoms with van der Waals surface area (Å²) in [7, 11) is 0.757. The van der Waals surface area contributed by atoms with Gasteiger partial charge in [-0.25, -0.2) is 4.98 Å². The molecule has 1 aromatic heterocycles. The predicted octanol–water partition coefficient (Wildman–Crippen LogP) is 8.04. The molecule has 1 heterocycles. The second-order valence-electron chi connectivity index (χ2n) is 11.1. The maximum Gasteiger partial charge on any atom is 0.229 e. The SMILES string of the molecule is CCCC(CCC)N(C)Cc1cc(OC(C)C)c(Nc2ncc(Cl)c(Nc3ccccc3P(O)C(C)C)n2)cc1C=O. The predicted molar refractivity (Wildman–Crippen MR) is 177 cm³/mol. The molecular formula is C32H45ClN5O3P. The highest BCUT2D eigenvalue weighted by atomic mass is 35.5. The van der Waals surface area contributed by atoms with Crippen LogP contribution in [0.3, 0.4) is 0 Å². The average molecular weight is 614 g/mol. The molecule has 228 valence electrons. The molecule has 0 aliphatic carbocycles. The first-order chi connectivity index (χ1) is 20.1. The highest BCUT2D eigenvalue weighted by Gasteiger charge is 2.20. The minimum atomic E-state index is -1.36. The number of rotatable bonds is 16. The van der Waals surface area contributed by atoms with Gasteiger partial charge in [-0.3, -0.25) is 9.69 Å². The van der Waals surface area contributed by atoms with Gasteiger partial charge in [-0.2, -0.15) is 4.98 Å². The fourth-order valence-electron chi connectivity index (χ4n) is 4.80. The maximum absolute atomic E-state index is 12.2. The molecule has 3 rings (SSSR count). The molecule has 0 radical (unpaired) electrons. The van der Waals surface area contributed by atoms with Crippen molar-refractivity contribution in [2.24, 2.45) is 0 Å². The molecule has 0 spiro atoms. The van der Waals surface area contributed by atoms with Crippen LogP contribution in [0.25, 0.3) is 0 Å². The van der Waals surface area contributed by atoms with Gasteiger partial charge in [0.15, 0.2) is 5.82 Å². The maximum atomic E-state index is 12.2. The van der Waals surface area contributed by atoms with Gasteiger partial charge in [-0.15, -0.1) is 0 Å². The van der Waals surface area contributed by atoms with E-state index in [1.54, 1.807) is 6.07 Å². The Morgan fingerprint density at radius 3 is 2.38 bits per heavy atom. The number of carbonyl (C=O) groups is 1. The Balaban J connectivity index is 1.95. The van der Waals surface area contributed by atoms with Crippen LogP contribution in [-0.2, 0) is 6.54 Å². The zero-order valence-electron chi connectivity index (χ0n) is 25.8. The molecule has 3 aromatic rings. The first-order valence-electron chi connectivity index (χ1n) is 14.7. The van der Waals surface area contributed by atoms with E-state index in [1.807, 2.05) is 58.0 Å². The Morgan fingerprint density at radius 1 is 1.07 bits per heavy atom. The third kappa shape index (κ3) is 9.11. The number of aldehydes is 1. The summed E-state index contributed by atoms with van der Waals surface area (Å²) in [5.41, 5.74) is 2.91. The van der Waals surface area contributed by atoms with Gasteiger partial charge in [0.2, 0.25) is 5.95 Å². The number of halogens is 1. The topological polar surface area (TPSA) is 99.6 Å². The van der Waals surface area contributed by atoms with Crippen molar-refractivity contribution in [2.75, 3.05) is 17.7 Å². The summed E-state index contributed by atoms with van der Waals surface area (Å²) in [6.07, 6.45) is 6.77. The third-order valence-corrected chi connectivity index (χ3v) is 9.04. The van der Waals surface area contributed by atoms with Crippen LogP contribution >= 0.6 is 19.7 Å². The lowest BCUT2D eigenvalue weighted by atomic mass is 10.0. The van der Waals surface area contributed by atoms with Crippen LogP contribution < -0.4 is 20.7 Å². The quantitative estimate of drug-likeness (QED) is 0.110. The summed E-state index contributed by atoms with van der Waals surface area (Å²) < 4.78 is 6.19. The van der Waals surface area contributed by atoms with Gasteiger partial charge in [-0.1, -0.05) is 70.3 Å². The van der Waals surface area contributed by atoms with Gasteiger partial charge < -0.3 is 20.3 Å². The molecule has 1 unspecified atom stereocenters. The fraction of sp³-hybridized carbons (Fsp3) is 0.469. The van der Waals surface area contributed by atoms with Crippen LogP contribution in [0.5, 0.6) is 5.75 Å².